The molecular weight excluding hydrogens is 278 g/mol. The highest BCUT2D eigenvalue weighted by Gasteiger charge is 2.39. The van der Waals surface area contributed by atoms with E-state index in [2.05, 4.69) is 10.2 Å². The van der Waals surface area contributed by atoms with Crippen molar-refractivity contribution in [3.8, 4) is 0 Å². The Morgan fingerprint density at radius 1 is 0.955 bits per heavy atom. The fraction of sp³-hybridized carbons (Fsp3) is 0.882. The molecule has 1 N–H and O–H groups in total. The lowest BCUT2D eigenvalue weighted by Gasteiger charge is -2.34. The maximum atomic E-state index is 12.3. The zero-order chi connectivity index (χ0) is 15.5. The SMILES string of the molecule is CC(=O)N1CCC[C@@H]1[C@@H]1CCCN1CC(=O)NC1CCCC1. The van der Waals surface area contributed by atoms with E-state index in [1.165, 1.54) is 12.8 Å². The van der Waals surface area contributed by atoms with E-state index < -0.39 is 0 Å². The highest BCUT2D eigenvalue weighted by atomic mass is 16.2. The monoisotopic (exact) mass is 307 g/mol. The summed E-state index contributed by atoms with van der Waals surface area (Å²) < 4.78 is 0. The lowest BCUT2D eigenvalue weighted by atomic mass is 10.0. The van der Waals surface area contributed by atoms with Crippen LogP contribution in [0.3, 0.4) is 0 Å². The number of likely N-dealkylation sites (tertiary alicyclic amines) is 2. The second-order valence-electron chi connectivity index (χ2n) is 7.15. The number of hydrogen-bond donors (Lipinski definition) is 1. The van der Waals surface area contributed by atoms with Crippen molar-refractivity contribution in [2.45, 2.75) is 76.4 Å². The summed E-state index contributed by atoms with van der Waals surface area (Å²) >= 11 is 0. The lowest BCUT2D eigenvalue weighted by molar-refractivity contribution is -0.130. The van der Waals surface area contributed by atoms with Crippen LogP contribution in [0.25, 0.3) is 0 Å². The molecule has 2 aliphatic heterocycles. The number of carbonyl (C=O) groups excluding carboxylic acids is 2. The van der Waals surface area contributed by atoms with E-state index in [9.17, 15) is 9.59 Å². The predicted octanol–water partition coefficient (Wildman–Crippen LogP) is 1.52. The van der Waals surface area contributed by atoms with E-state index in [1.807, 2.05) is 4.90 Å². The molecule has 2 amide bonds. The predicted molar refractivity (Wildman–Crippen MR) is 85.4 cm³/mol. The van der Waals surface area contributed by atoms with Crippen LogP contribution in [0.5, 0.6) is 0 Å². The minimum absolute atomic E-state index is 0.172. The molecular formula is C17H29N3O2. The van der Waals surface area contributed by atoms with Gasteiger partial charge >= 0.3 is 0 Å². The van der Waals surface area contributed by atoms with Crippen LogP contribution in [-0.4, -0.2) is 59.4 Å². The molecule has 2 saturated heterocycles. The summed E-state index contributed by atoms with van der Waals surface area (Å²) in [4.78, 5) is 28.4. The lowest BCUT2D eigenvalue weighted by Crippen LogP contribution is -2.50. The van der Waals surface area contributed by atoms with Crippen LogP contribution in [0, 0.1) is 0 Å². The van der Waals surface area contributed by atoms with Gasteiger partial charge in [0.15, 0.2) is 0 Å². The quantitative estimate of drug-likeness (QED) is 0.857. The number of carbonyl (C=O) groups is 2. The Hall–Kier alpha value is -1.10. The number of amides is 2. The largest absolute Gasteiger partial charge is 0.352 e. The molecule has 3 rings (SSSR count). The molecule has 3 aliphatic rings. The molecule has 3 fully saturated rings. The van der Waals surface area contributed by atoms with E-state index in [-0.39, 0.29) is 11.8 Å². The van der Waals surface area contributed by atoms with E-state index in [4.69, 9.17) is 0 Å². The van der Waals surface area contributed by atoms with Crippen molar-refractivity contribution in [3.05, 3.63) is 0 Å². The standard InChI is InChI=1S/C17H29N3O2/c1-13(21)20-11-5-9-16(20)15-8-4-10-19(15)12-17(22)18-14-6-2-3-7-14/h14-16H,2-12H2,1H3,(H,18,22)/t15-,16+/m0/s1. The summed E-state index contributed by atoms with van der Waals surface area (Å²) in [5.74, 6) is 0.357. The first-order valence-electron chi connectivity index (χ1n) is 8.96. The second-order valence-corrected chi connectivity index (χ2v) is 7.15. The van der Waals surface area contributed by atoms with Crippen LogP contribution in [0.1, 0.15) is 58.3 Å². The summed E-state index contributed by atoms with van der Waals surface area (Å²) in [5.41, 5.74) is 0. The first-order valence-corrected chi connectivity index (χ1v) is 8.96. The maximum Gasteiger partial charge on any atom is 0.234 e. The van der Waals surface area contributed by atoms with Gasteiger partial charge in [-0.3, -0.25) is 14.5 Å². The van der Waals surface area contributed by atoms with Crippen molar-refractivity contribution >= 4 is 11.8 Å². The minimum Gasteiger partial charge on any atom is -0.352 e. The molecule has 0 aromatic heterocycles. The molecule has 0 radical (unpaired) electrons. The summed E-state index contributed by atoms with van der Waals surface area (Å²) in [5, 5.41) is 3.19. The van der Waals surface area contributed by atoms with Crippen LogP contribution < -0.4 is 5.32 Å². The molecule has 0 spiro atoms. The third-order valence-corrected chi connectivity index (χ3v) is 5.63. The first-order chi connectivity index (χ1) is 10.6. The molecule has 5 heteroatoms. The van der Waals surface area contributed by atoms with E-state index >= 15 is 0 Å². The van der Waals surface area contributed by atoms with Crippen molar-refractivity contribution in [1.29, 1.82) is 0 Å². The Balaban J connectivity index is 1.56. The van der Waals surface area contributed by atoms with Gasteiger partial charge in [-0.05, 0) is 45.1 Å². The average Bonchev–Trinajstić information content (AvgIpc) is 3.17. The maximum absolute atomic E-state index is 12.3. The van der Waals surface area contributed by atoms with Gasteiger partial charge in [0.25, 0.3) is 0 Å². The molecule has 2 heterocycles. The second kappa shape index (κ2) is 6.99. The Labute approximate surface area is 133 Å². The summed E-state index contributed by atoms with van der Waals surface area (Å²) in [6, 6.07) is 1.09. The summed E-state index contributed by atoms with van der Waals surface area (Å²) in [7, 11) is 0. The molecule has 0 bridgehead atoms. The van der Waals surface area contributed by atoms with Gasteiger partial charge in [-0.2, -0.15) is 0 Å². The Kier molecular flexibility index (Phi) is 5.01. The Bertz CT molecular complexity index is 420. The molecule has 1 saturated carbocycles. The summed E-state index contributed by atoms with van der Waals surface area (Å²) in [6.07, 6.45) is 9.20. The number of nitrogens with one attached hydrogen (secondary N) is 1. The van der Waals surface area contributed by atoms with Crippen molar-refractivity contribution < 1.29 is 9.59 Å². The van der Waals surface area contributed by atoms with E-state index in [1.54, 1.807) is 6.92 Å². The van der Waals surface area contributed by atoms with Gasteiger partial charge in [0, 0.05) is 31.6 Å². The van der Waals surface area contributed by atoms with Crippen molar-refractivity contribution in [1.82, 2.24) is 15.1 Å². The van der Waals surface area contributed by atoms with Crippen molar-refractivity contribution in [2.75, 3.05) is 19.6 Å². The smallest absolute Gasteiger partial charge is 0.234 e. The molecule has 0 aromatic rings. The van der Waals surface area contributed by atoms with Crippen LogP contribution >= 0.6 is 0 Å². The van der Waals surface area contributed by atoms with Gasteiger partial charge in [0.1, 0.15) is 0 Å². The molecule has 2 atom stereocenters. The van der Waals surface area contributed by atoms with Crippen molar-refractivity contribution in [2.24, 2.45) is 0 Å². The van der Waals surface area contributed by atoms with Gasteiger partial charge in [0.2, 0.25) is 11.8 Å². The van der Waals surface area contributed by atoms with Crippen LogP contribution in [-0.2, 0) is 9.59 Å². The summed E-state index contributed by atoms with van der Waals surface area (Å²) in [6.45, 7) is 4.05. The van der Waals surface area contributed by atoms with Crippen LogP contribution in [0.4, 0.5) is 0 Å². The first kappa shape index (κ1) is 15.8. The number of rotatable bonds is 4. The van der Waals surface area contributed by atoms with E-state index in [0.29, 0.717) is 24.7 Å². The molecule has 124 valence electrons. The fourth-order valence-electron chi connectivity index (χ4n) is 4.60. The zero-order valence-corrected chi connectivity index (χ0v) is 13.7. The third kappa shape index (κ3) is 3.45. The number of nitrogens with zero attached hydrogens (tertiary/aromatic N) is 2. The highest BCUT2D eigenvalue weighted by Crippen LogP contribution is 2.30. The van der Waals surface area contributed by atoms with Crippen LogP contribution in [0.2, 0.25) is 0 Å². The zero-order valence-electron chi connectivity index (χ0n) is 13.7. The third-order valence-electron chi connectivity index (χ3n) is 5.63. The van der Waals surface area contributed by atoms with Gasteiger partial charge in [0.05, 0.1) is 6.54 Å². The van der Waals surface area contributed by atoms with Gasteiger partial charge in [-0.15, -0.1) is 0 Å². The normalized spacial score (nSPS) is 30.1. The molecule has 22 heavy (non-hydrogen) atoms. The van der Waals surface area contributed by atoms with Crippen LogP contribution in [0.15, 0.2) is 0 Å². The minimum atomic E-state index is 0.172. The van der Waals surface area contributed by atoms with Gasteiger partial charge in [-0.1, -0.05) is 12.8 Å². The highest BCUT2D eigenvalue weighted by molar-refractivity contribution is 5.78. The molecule has 0 unspecified atom stereocenters. The number of hydrogen-bond acceptors (Lipinski definition) is 3. The average molecular weight is 307 g/mol. The van der Waals surface area contributed by atoms with Gasteiger partial charge < -0.3 is 10.2 Å². The molecule has 1 aliphatic carbocycles. The fourth-order valence-corrected chi connectivity index (χ4v) is 4.60. The molecule has 5 nitrogen and oxygen atoms in total. The van der Waals surface area contributed by atoms with E-state index in [0.717, 1.165) is 51.6 Å². The molecule has 0 aromatic carbocycles. The topological polar surface area (TPSA) is 52.7 Å². The van der Waals surface area contributed by atoms with Crippen molar-refractivity contribution in [3.63, 3.8) is 0 Å². The van der Waals surface area contributed by atoms with Gasteiger partial charge in [-0.25, -0.2) is 0 Å². The Morgan fingerprint density at radius 2 is 1.64 bits per heavy atom. The Morgan fingerprint density at radius 3 is 2.36 bits per heavy atom.